The number of anilines is 2. The highest BCUT2D eigenvalue weighted by Crippen LogP contribution is 2.42. The van der Waals surface area contributed by atoms with Crippen molar-refractivity contribution in [1.82, 2.24) is 10.6 Å². The number of carbonyl (C=O) groups is 2. The smallest absolute Gasteiger partial charge is 0.200 e. The number of phenolic OH excluding ortho intramolecular Hbond substituents is 2. The Hall–Kier alpha value is -2.89. The van der Waals surface area contributed by atoms with E-state index in [1.54, 1.807) is 12.1 Å². The molecule has 0 unspecified atom stereocenters. The zero-order chi connectivity index (χ0) is 23.1. The average molecular weight is 481 g/mol. The van der Waals surface area contributed by atoms with Crippen molar-refractivity contribution in [2.24, 2.45) is 0 Å². The topological polar surface area (TPSA) is 163 Å². The minimum atomic E-state index is -0.559. The van der Waals surface area contributed by atoms with E-state index in [0.29, 0.717) is 50.6 Å². The summed E-state index contributed by atoms with van der Waals surface area (Å²) in [5.74, 6) is -1.86. The summed E-state index contributed by atoms with van der Waals surface area (Å²) in [4.78, 5) is 26.7. The SMILES string of the molecule is Cl.O=C1c2c(O)ccc(O)c2C(=O)c2c(NCCNCCO)ccc(NCCNCCO)c21. The fourth-order valence-electron chi connectivity index (χ4n) is 3.64. The number of nitrogens with one attached hydrogen (secondary N) is 4. The van der Waals surface area contributed by atoms with Crippen LogP contribution in [0.5, 0.6) is 11.5 Å². The summed E-state index contributed by atoms with van der Waals surface area (Å²) in [6, 6.07) is 5.74. The number of rotatable bonds is 12. The van der Waals surface area contributed by atoms with Gasteiger partial charge >= 0.3 is 0 Å². The van der Waals surface area contributed by atoms with Crippen LogP contribution in [0.1, 0.15) is 31.8 Å². The molecule has 10 nitrogen and oxygen atoms in total. The second kappa shape index (κ2) is 12.4. The molecule has 0 spiro atoms. The lowest BCUT2D eigenvalue weighted by Crippen LogP contribution is -2.28. The standard InChI is InChI=1S/C22H28N4O6.ClH/c27-11-9-23-5-7-25-13-1-2-14(26-8-6-24-10-12-28)18-17(13)21(31)19-15(29)3-4-16(30)20(19)22(18)32;/h1-4,23-30H,5-12H2;1H. The van der Waals surface area contributed by atoms with Gasteiger partial charge in [0, 0.05) is 50.6 Å². The maximum Gasteiger partial charge on any atom is 0.200 e. The number of aliphatic hydroxyl groups is 2. The highest BCUT2D eigenvalue weighted by atomic mass is 35.5. The third-order valence-corrected chi connectivity index (χ3v) is 5.09. The molecule has 0 aliphatic heterocycles. The third kappa shape index (κ3) is 5.73. The van der Waals surface area contributed by atoms with Gasteiger partial charge in [0.05, 0.1) is 35.5 Å². The molecule has 1 aliphatic carbocycles. The Bertz CT molecular complexity index is 923. The Labute approximate surface area is 197 Å². The van der Waals surface area contributed by atoms with E-state index in [9.17, 15) is 19.8 Å². The normalized spacial score (nSPS) is 12.1. The van der Waals surface area contributed by atoms with Crippen LogP contribution in [0.25, 0.3) is 0 Å². The van der Waals surface area contributed by atoms with Gasteiger partial charge in [-0.3, -0.25) is 9.59 Å². The van der Waals surface area contributed by atoms with Crippen LogP contribution in [-0.4, -0.2) is 84.5 Å². The Balaban J connectivity index is 0.00000385. The molecule has 3 rings (SSSR count). The highest BCUT2D eigenvalue weighted by Gasteiger charge is 2.37. The van der Waals surface area contributed by atoms with Gasteiger partial charge in [0.1, 0.15) is 11.5 Å². The summed E-state index contributed by atoms with van der Waals surface area (Å²) in [6.07, 6.45) is 0. The Morgan fingerprint density at radius 2 is 0.970 bits per heavy atom. The maximum absolute atomic E-state index is 13.4. The van der Waals surface area contributed by atoms with E-state index in [0.717, 1.165) is 0 Å². The zero-order valence-electron chi connectivity index (χ0n) is 18.0. The first kappa shape index (κ1) is 26.4. The lowest BCUT2D eigenvalue weighted by atomic mass is 9.81. The van der Waals surface area contributed by atoms with Crippen molar-refractivity contribution in [3.8, 4) is 11.5 Å². The largest absolute Gasteiger partial charge is 0.507 e. The molecule has 0 saturated heterocycles. The number of aromatic hydroxyl groups is 2. The van der Waals surface area contributed by atoms with Gasteiger partial charge < -0.3 is 41.7 Å². The monoisotopic (exact) mass is 480 g/mol. The van der Waals surface area contributed by atoms with Crippen molar-refractivity contribution in [2.75, 3.05) is 63.1 Å². The number of benzene rings is 2. The van der Waals surface area contributed by atoms with E-state index in [-0.39, 0.29) is 59.4 Å². The lowest BCUT2D eigenvalue weighted by Gasteiger charge is -2.25. The Kier molecular flexibility index (Phi) is 9.89. The summed E-state index contributed by atoms with van der Waals surface area (Å²) < 4.78 is 0. The van der Waals surface area contributed by atoms with E-state index in [1.165, 1.54) is 12.1 Å². The summed E-state index contributed by atoms with van der Waals surface area (Å²) in [5.41, 5.74) is 0.678. The summed E-state index contributed by atoms with van der Waals surface area (Å²) in [5, 5.41) is 50.6. The molecule has 0 aromatic heterocycles. The fraction of sp³-hybridized carbons (Fsp3) is 0.364. The first-order valence-corrected chi connectivity index (χ1v) is 10.4. The molecule has 0 radical (unpaired) electrons. The molecule has 180 valence electrons. The van der Waals surface area contributed by atoms with Crippen molar-refractivity contribution in [3.05, 3.63) is 46.5 Å². The fourth-order valence-corrected chi connectivity index (χ4v) is 3.64. The molecule has 2 aromatic rings. The van der Waals surface area contributed by atoms with Crippen LogP contribution in [0.2, 0.25) is 0 Å². The third-order valence-electron chi connectivity index (χ3n) is 5.09. The van der Waals surface area contributed by atoms with Crippen LogP contribution in [0.15, 0.2) is 24.3 Å². The van der Waals surface area contributed by atoms with Crippen LogP contribution in [0, 0.1) is 0 Å². The Morgan fingerprint density at radius 1 is 0.576 bits per heavy atom. The van der Waals surface area contributed by atoms with Crippen molar-refractivity contribution < 1.29 is 30.0 Å². The van der Waals surface area contributed by atoms with E-state index in [4.69, 9.17) is 10.2 Å². The number of ketones is 2. The van der Waals surface area contributed by atoms with Gasteiger partial charge in [0.25, 0.3) is 0 Å². The van der Waals surface area contributed by atoms with Gasteiger partial charge in [-0.25, -0.2) is 0 Å². The molecule has 2 aromatic carbocycles. The molecule has 0 saturated carbocycles. The van der Waals surface area contributed by atoms with E-state index in [2.05, 4.69) is 21.3 Å². The van der Waals surface area contributed by atoms with Gasteiger partial charge in [-0.05, 0) is 24.3 Å². The summed E-state index contributed by atoms with van der Waals surface area (Å²) in [6.45, 7) is 2.81. The van der Waals surface area contributed by atoms with Gasteiger partial charge in [0.2, 0.25) is 11.6 Å². The first-order valence-electron chi connectivity index (χ1n) is 10.4. The van der Waals surface area contributed by atoms with Crippen molar-refractivity contribution in [1.29, 1.82) is 0 Å². The van der Waals surface area contributed by atoms with Gasteiger partial charge in [-0.1, -0.05) is 0 Å². The highest BCUT2D eigenvalue weighted by molar-refractivity contribution is 6.33. The number of halogens is 1. The predicted octanol–water partition coefficient (Wildman–Crippen LogP) is 0.283. The molecule has 11 heteroatoms. The van der Waals surface area contributed by atoms with E-state index >= 15 is 0 Å². The van der Waals surface area contributed by atoms with Crippen LogP contribution in [0.4, 0.5) is 11.4 Å². The summed E-state index contributed by atoms with van der Waals surface area (Å²) >= 11 is 0. The molecule has 0 amide bonds. The minimum absolute atomic E-state index is 0. The number of hydrogen-bond acceptors (Lipinski definition) is 10. The van der Waals surface area contributed by atoms with Gasteiger partial charge in [-0.2, -0.15) is 0 Å². The second-order valence-corrected chi connectivity index (χ2v) is 7.22. The molecular weight excluding hydrogens is 452 g/mol. The molecule has 0 atom stereocenters. The minimum Gasteiger partial charge on any atom is -0.507 e. The number of fused-ring (bicyclic) bond motifs is 2. The van der Waals surface area contributed by atoms with Gasteiger partial charge in [-0.15, -0.1) is 12.4 Å². The Morgan fingerprint density at radius 3 is 1.33 bits per heavy atom. The van der Waals surface area contributed by atoms with Crippen LogP contribution < -0.4 is 21.3 Å². The average Bonchev–Trinajstić information content (AvgIpc) is 2.78. The van der Waals surface area contributed by atoms with Crippen LogP contribution in [-0.2, 0) is 0 Å². The number of phenols is 2. The zero-order valence-corrected chi connectivity index (χ0v) is 18.8. The number of carbonyl (C=O) groups excluding carboxylic acids is 2. The molecule has 0 fully saturated rings. The second-order valence-electron chi connectivity index (χ2n) is 7.22. The van der Waals surface area contributed by atoms with Crippen LogP contribution in [0.3, 0.4) is 0 Å². The summed E-state index contributed by atoms with van der Waals surface area (Å²) in [7, 11) is 0. The lowest BCUT2D eigenvalue weighted by molar-refractivity contribution is 0.0975. The maximum atomic E-state index is 13.4. The number of hydrogen-bond donors (Lipinski definition) is 8. The first-order chi connectivity index (χ1) is 15.5. The predicted molar refractivity (Wildman–Crippen MR) is 127 cm³/mol. The van der Waals surface area contributed by atoms with Gasteiger partial charge in [0.15, 0.2) is 0 Å². The molecular formula is C22H29ClN4O6. The molecule has 0 heterocycles. The molecule has 8 N–H and O–H groups in total. The van der Waals surface area contributed by atoms with E-state index in [1.807, 2.05) is 0 Å². The quantitative estimate of drug-likeness (QED) is 0.133. The van der Waals surface area contributed by atoms with Crippen LogP contribution >= 0.6 is 12.4 Å². The van der Waals surface area contributed by atoms with E-state index < -0.39 is 11.6 Å². The number of aliphatic hydroxyl groups excluding tert-OH is 2. The molecule has 1 aliphatic rings. The van der Waals surface area contributed by atoms with Crippen molar-refractivity contribution in [2.45, 2.75) is 0 Å². The molecule has 33 heavy (non-hydrogen) atoms. The molecule has 0 bridgehead atoms. The van der Waals surface area contributed by atoms with Crippen molar-refractivity contribution in [3.63, 3.8) is 0 Å². The van der Waals surface area contributed by atoms with Crippen molar-refractivity contribution >= 4 is 35.3 Å².